The first-order valence-electron chi connectivity index (χ1n) is 11.7. The summed E-state index contributed by atoms with van der Waals surface area (Å²) in [7, 11) is 0. The number of nitrogens with zero attached hydrogens (tertiary/aromatic N) is 4. The van der Waals surface area contributed by atoms with Crippen LogP contribution in [0.1, 0.15) is 122 Å². The topological polar surface area (TPSA) is 52.9 Å². The van der Waals surface area contributed by atoms with Crippen LogP contribution in [0.5, 0.6) is 0 Å². The van der Waals surface area contributed by atoms with E-state index in [4.69, 9.17) is 0 Å². The number of rotatable bonds is 11. The minimum absolute atomic E-state index is 0.148. The van der Waals surface area contributed by atoms with Gasteiger partial charge in [-0.3, -0.25) is 0 Å². The molecule has 0 aliphatic carbocycles. The molecule has 0 fully saturated rings. The molecule has 0 spiro atoms. The number of hydrogen-bond acceptors (Lipinski definition) is 2. The van der Waals surface area contributed by atoms with Crippen LogP contribution in [0.25, 0.3) is 10.6 Å². The maximum absolute atomic E-state index is 4.67. The molecule has 0 amide bonds. The molecule has 0 aromatic heterocycles. The van der Waals surface area contributed by atoms with Crippen LogP contribution in [0, 0.1) is 0 Å². The first kappa shape index (κ1) is 33.8. The van der Waals surface area contributed by atoms with Gasteiger partial charge in [-0.2, -0.15) is 6.54 Å². The van der Waals surface area contributed by atoms with Gasteiger partial charge in [-0.15, -0.1) is 18.6 Å². The zero-order valence-corrected chi connectivity index (χ0v) is 24.1. The van der Waals surface area contributed by atoms with Crippen LogP contribution in [0.2, 0.25) is 0 Å². The van der Waals surface area contributed by atoms with E-state index in [1.54, 1.807) is 0 Å². The van der Waals surface area contributed by atoms with E-state index in [-0.39, 0.29) is 16.6 Å². The molecule has 5 heteroatoms. The van der Waals surface area contributed by atoms with Gasteiger partial charge < -0.3 is 10.6 Å². The van der Waals surface area contributed by atoms with Crippen LogP contribution >= 0.6 is 0 Å². The van der Waals surface area contributed by atoms with Crippen molar-refractivity contribution in [2.75, 3.05) is 19.6 Å². The van der Waals surface area contributed by atoms with Gasteiger partial charge in [-0.25, -0.2) is 0 Å². The summed E-state index contributed by atoms with van der Waals surface area (Å²) in [6, 6.07) is 0. The van der Waals surface area contributed by atoms with Crippen LogP contribution < -0.4 is 0 Å². The molecule has 0 N–H and O–H groups in total. The van der Waals surface area contributed by atoms with E-state index >= 15 is 0 Å². The van der Waals surface area contributed by atoms with Crippen LogP contribution in [0.4, 0.5) is 0 Å². The van der Waals surface area contributed by atoms with Gasteiger partial charge in [0, 0.05) is 0 Å². The van der Waals surface area contributed by atoms with Gasteiger partial charge in [-0.1, -0.05) is 67.2 Å². The normalized spacial score (nSPS) is 11.4. The van der Waals surface area contributed by atoms with E-state index in [2.05, 4.69) is 101 Å². The molecule has 0 bridgehead atoms. The van der Waals surface area contributed by atoms with E-state index in [1.165, 1.54) is 25.7 Å². The molecule has 29 heavy (non-hydrogen) atoms. The van der Waals surface area contributed by atoms with Gasteiger partial charge in [0.05, 0.1) is 0 Å². The fourth-order valence-corrected chi connectivity index (χ4v) is 3.19. The minimum atomic E-state index is -0.492. The van der Waals surface area contributed by atoms with Crippen molar-refractivity contribution in [3.63, 3.8) is 0 Å². The van der Waals surface area contributed by atoms with Crippen LogP contribution in [-0.4, -0.2) is 36.3 Å². The van der Waals surface area contributed by atoms with Crippen LogP contribution in [0.3, 0.4) is 0 Å². The number of hydrogen-bond donors (Lipinski definition) is 0. The smallest absolute Gasteiger partial charge is 0.0578 e. The van der Waals surface area contributed by atoms with E-state index < -0.39 is 18.2 Å². The van der Waals surface area contributed by atoms with E-state index in [9.17, 15) is 0 Å². The maximum atomic E-state index is 4.67. The third-order valence-electron chi connectivity index (χ3n) is 4.30. The van der Waals surface area contributed by atoms with Crippen molar-refractivity contribution in [3.8, 4) is 0 Å². The van der Waals surface area contributed by atoms with Crippen molar-refractivity contribution in [1.82, 2.24) is 0 Å². The van der Waals surface area contributed by atoms with Crippen molar-refractivity contribution >= 4 is 0 Å². The second-order valence-corrected chi connectivity index (χ2v) is 10.9. The molecule has 0 rings (SSSR count). The van der Waals surface area contributed by atoms with Crippen molar-refractivity contribution in [2.45, 2.75) is 138 Å². The molecule has 0 unspecified atom stereocenters. The molecule has 0 radical (unpaired) electrons. The molecule has 0 saturated heterocycles. The third kappa shape index (κ3) is 33.1. The second kappa shape index (κ2) is 20.1. The SMILES string of the molecule is CCC(C)(C)[N]=[Mo+2]=[N]C(C)(C)CC.CCCC[N-]C(C)(C)C.CCCC[N-]CC. The molecule has 176 valence electrons. The van der Waals surface area contributed by atoms with Gasteiger partial charge in [0.15, 0.2) is 0 Å². The van der Waals surface area contributed by atoms with Gasteiger partial charge in [0.25, 0.3) is 0 Å². The molecule has 0 heterocycles. The summed E-state index contributed by atoms with van der Waals surface area (Å²) >= 11 is -0.492. The Kier molecular flexibility index (Phi) is 23.5. The molecule has 0 atom stereocenters. The van der Waals surface area contributed by atoms with Gasteiger partial charge in [0.2, 0.25) is 0 Å². The van der Waals surface area contributed by atoms with Gasteiger partial charge in [-0.05, 0) is 0 Å². The number of unbranched alkanes of at least 4 members (excludes halogenated alkanes) is 2. The Morgan fingerprint density at radius 3 is 1.38 bits per heavy atom. The Hall–Kier alpha value is 0.208. The Labute approximate surface area is 193 Å². The Balaban J connectivity index is -0.000000370. The molecule has 0 aromatic carbocycles. The van der Waals surface area contributed by atoms with E-state index in [0.717, 1.165) is 32.5 Å². The van der Waals surface area contributed by atoms with Crippen LogP contribution in [-0.2, 0) is 18.2 Å². The molecule has 0 saturated carbocycles. The average Bonchev–Trinajstić information content (AvgIpc) is 2.62. The van der Waals surface area contributed by atoms with Gasteiger partial charge >= 0.3 is 90.7 Å². The molecular weight excluding hydrogens is 440 g/mol. The Morgan fingerprint density at radius 2 is 1.07 bits per heavy atom. The molecule has 4 nitrogen and oxygen atoms in total. The van der Waals surface area contributed by atoms with Crippen molar-refractivity contribution in [2.24, 2.45) is 6.99 Å². The summed E-state index contributed by atoms with van der Waals surface area (Å²) in [6.45, 7) is 29.1. The first-order valence-corrected chi connectivity index (χ1v) is 13.5. The second-order valence-electron chi connectivity index (χ2n) is 9.62. The monoisotopic (exact) mass is 496 g/mol. The van der Waals surface area contributed by atoms with E-state index in [0.29, 0.717) is 0 Å². The summed E-state index contributed by atoms with van der Waals surface area (Å²) in [6.07, 6.45) is 7.23. The summed E-state index contributed by atoms with van der Waals surface area (Å²) in [5.74, 6) is 0. The standard InChI is InChI=1S/C8H18N.C6H14N.2C5H11N.Mo/c1-5-6-7-9-8(2,3)4;1-3-5-6-7-4-2;2*1-4-5(2,3)6;/h5-7H2,1-4H3;3-6H2,1-2H3;2*4H2,1-3H3;/q2*-1;;;+2. The summed E-state index contributed by atoms with van der Waals surface area (Å²) < 4.78 is 9.34. The molecule has 0 aliphatic rings. The summed E-state index contributed by atoms with van der Waals surface area (Å²) in [5.41, 5.74) is 0.473. The largest absolute Gasteiger partial charge is 0.662 e. The van der Waals surface area contributed by atoms with Crippen molar-refractivity contribution < 1.29 is 18.2 Å². The quantitative estimate of drug-likeness (QED) is 0.203. The van der Waals surface area contributed by atoms with Crippen molar-refractivity contribution in [1.29, 1.82) is 0 Å². The van der Waals surface area contributed by atoms with Crippen LogP contribution in [0.15, 0.2) is 6.99 Å². The predicted molar refractivity (Wildman–Crippen MR) is 130 cm³/mol. The Morgan fingerprint density at radius 1 is 0.655 bits per heavy atom. The fraction of sp³-hybridized carbons (Fsp3) is 1.00. The van der Waals surface area contributed by atoms with Gasteiger partial charge in [0.1, 0.15) is 0 Å². The molecule has 0 aliphatic heterocycles. The molecular formula is C24H54MoN4. The van der Waals surface area contributed by atoms with E-state index in [1.807, 2.05) is 0 Å². The molecule has 0 aromatic rings. The zero-order chi connectivity index (χ0) is 23.4. The first-order chi connectivity index (χ1) is 13.3. The zero-order valence-electron chi connectivity index (χ0n) is 22.1. The summed E-state index contributed by atoms with van der Waals surface area (Å²) in [5, 5.41) is 8.61. The maximum Gasteiger partial charge on any atom is -0.0578 e. The fourth-order valence-electron chi connectivity index (χ4n) is 1.37. The predicted octanol–water partition coefficient (Wildman–Crippen LogP) is 8.95. The summed E-state index contributed by atoms with van der Waals surface area (Å²) in [4.78, 5) is 0. The third-order valence-corrected chi connectivity index (χ3v) is 7.13. The minimum Gasteiger partial charge on any atom is -0.662 e. The van der Waals surface area contributed by atoms with Crippen molar-refractivity contribution in [3.05, 3.63) is 10.6 Å². The Bertz CT molecular complexity index is 382. The average molecular weight is 495 g/mol.